The topological polar surface area (TPSA) is 124 Å². The molecule has 3 rings (SSSR count). The van der Waals surface area contributed by atoms with Gasteiger partial charge in [-0.3, -0.25) is 4.79 Å². The number of carbonyl (C=O) groups excluding carboxylic acids is 1. The minimum atomic E-state index is -1.52. The van der Waals surface area contributed by atoms with Crippen molar-refractivity contribution in [3.8, 4) is 17.2 Å². The van der Waals surface area contributed by atoms with Crippen molar-refractivity contribution in [3.63, 3.8) is 0 Å². The molecule has 9 heteroatoms. The van der Waals surface area contributed by atoms with E-state index in [0.29, 0.717) is 17.2 Å². The fourth-order valence-corrected chi connectivity index (χ4v) is 4.18. The Hall–Kier alpha value is -3.11. The van der Waals surface area contributed by atoms with E-state index in [2.05, 4.69) is 6.92 Å². The third-order valence-electron chi connectivity index (χ3n) is 6.54. The molecule has 0 spiro atoms. The summed E-state index contributed by atoms with van der Waals surface area (Å²) in [5.41, 5.74) is 1.80. The van der Waals surface area contributed by atoms with Crippen LogP contribution in [0, 0.1) is 0 Å². The highest BCUT2D eigenvalue weighted by molar-refractivity contribution is 5.71. The maximum absolute atomic E-state index is 12.1. The third-order valence-corrected chi connectivity index (χ3v) is 6.54. The largest absolute Gasteiger partial charge is 0.497 e. The van der Waals surface area contributed by atoms with Gasteiger partial charge >= 0.3 is 5.97 Å². The molecular formula is C30H40O9. The zero-order valence-corrected chi connectivity index (χ0v) is 22.8. The molecule has 1 saturated heterocycles. The van der Waals surface area contributed by atoms with Crippen LogP contribution in [-0.2, 0) is 14.3 Å². The van der Waals surface area contributed by atoms with Crippen molar-refractivity contribution < 1.29 is 43.8 Å². The smallest absolute Gasteiger partial charge is 0.305 e. The Balaban J connectivity index is 1.55. The number of rotatable bonds is 14. The number of carbonyl (C=O) groups is 1. The molecule has 3 N–H and O–H groups in total. The summed E-state index contributed by atoms with van der Waals surface area (Å²) >= 11 is 0. The van der Waals surface area contributed by atoms with Gasteiger partial charge in [0.2, 0.25) is 6.29 Å². The molecule has 1 fully saturated rings. The average Bonchev–Trinajstić information content (AvgIpc) is 2.96. The quantitative estimate of drug-likeness (QED) is 0.184. The Morgan fingerprint density at radius 3 is 2.10 bits per heavy atom. The van der Waals surface area contributed by atoms with E-state index in [4.69, 9.17) is 23.7 Å². The minimum Gasteiger partial charge on any atom is -0.497 e. The van der Waals surface area contributed by atoms with Gasteiger partial charge in [0, 0.05) is 12.5 Å². The van der Waals surface area contributed by atoms with Crippen LogP contribution in [0.15, 0.2) is 42.5 Å². The summed E-state index contributed by atoms with van der Waals surface area (Å²) in [5.74, 6) is 1.38. The standard InChI is InChI=1S/C30H40O9/c1-4-5-6-7-8-9-26(31)37-19-25-27(32)28(33)29(34)30(39-25)38-22-14-12-20(13-15-22)10-11-21-16-23(35-2)18-24(17-21)36-3/h10-18,25,27-30,32-34H,4-9,19H2,1-3H3/b11-10+/t25-,27-,28+,29-,30-/m1/s1. The summed E-state index contributed by atoms with van der Waals surface area (Å²) in [6.45, 7) is 1.87. The van der Waals surface area contributed by atoms with Gasteiger partial charge in [-0.15, -0.1) is 0 Å². The van der Waals surface area contributed by atoms with Crippen LogP contribution < -0.4 is 14.2 Å². The van der Waals surface area contributed by atoms with Crippen LogP contribution in [0.2, 0.25) is 0 Å². The summed E-state index contributed by atoms with van der Waals surface area (Å²) < 4.78 is 27.3. The maximum Gasteiger partial charge on any atom is 0.305 e. The van der Waals surface area contributed by atoms with E-state index in [9.17, 15) is 20.1 Å². The van der Waals surface area contributed by atoms with Gasteiger partial charge in [0.1, 0.15) is 48.3 Å². The van der Waals surface area contributed by atoms with Crippen molar-refractivity contribution in [1.82, 2.24) is 0 Å². The third kappa shape index (κ3) is 9.25. The van der Waals surface area contributed by atoms with Crippen LogP contribution >= 0.6 is 0 Å². The summed E-state index contributed by atoms with van der Waals surface area (Å²) in [5, 5.41) is 31.1. The Labute approximate surface area is 229 Å². The number of ether oxygens (including phenoxy) is 5. The Kier molecular flexibility index (Phi) is 12.1. The lowest BCUT2D eigenvalue weighted by atomic mass is 9.99. The molecule has 0 radical (unpaired) electrons. The number of aliphatic hydroxyl groups excluding tert-OH is 3. The van der Waals surface area contributed by atoms with Gasteiger partial charge in [-0.1, -0.05) is 56.9 Å². The highest BCUT2D eigenvalue weighted by Gasteiger charge is 2.45. The first-order valence-electron chi connectivity index (χ1n) is 13.4. The van der Waals surface area contributed by atoms with Gasteiger partial charge < -0.3 is 39.0 Å². The number of esters is 1. The van der Waals surface area contributed by atoms with Gasteiger partial charge in [0.05, 0.1) is 14.2 Å². The number of unbranched alkanes of at least 4 members (excludes halogenated alkanes) is 4. The minimum absolute atomic E-state index is 0.253. The molecule has 0 aliphatic carbocycles. The summed E-state index contributed by atoms with van der Waals surface area (Å²) in [7, 11) is 3.19. The highest BCUT2D eigenvalue weighted by Crippen LogP contribution is 2.26. The average molecular weight is 545 g/mol. The second-order valence-electron chi connectivity index (χ2n) is 9.53. The Bertz CT molecular complexity index is 1030. The highest BCUT2D eigenvalue weighted by atomic mass is 16.7. The van der Waals surface area contributed by atoms with Gasteiger partial charge in [-0.25, -0.2) is 0 Å². The van der Waals surface area contributed by atoms with E-state index in [1.54, 1.807) is 32.4 Å². The number of methoxy groups -OCH3 is 2. The van der Waals surface area contributed by atoms with Crippen molar-refractivity contribution in [2.75, 3.05) is 20.8 Å². The number of hydrogen-bond acceptors (Lipinski definition) is 9. The molecule has 9 nitrogen and oxygen atoms in total. The fraction of sp³-hybridized carbons (Fsp3) is 0.500. The van der Waals surface area contributed by atoms with E-state index in [1.807, 2.05) is 36.4 Å². The van der Waals surface area contributed by atoms with E-state index >= 15 is 0 Å². The predicted octanol–water partition coefficient (Wildman–Crippen LogP) is 3.96. The summed E-state index contributed by atoms with van der Waals surface area (Å²) in [6, 6.07) is 12.6. The van der Waals surface area contributed by atoms with Crippen molar-refractivity contribution in [2.24, 2.45) is 0 Å². The van der Waals surface area contributed by atoms with Crippen LogP contribution in [-0.4, -0.2) is 72.8 Å². The summed E-state index contributed by atoms with van der Waals surface area (Å²) in [6.07, 6.45) is 2.40. The number of benzene rings is 2. The first-order valence-corrected chi connectivity index (χ1v) is 13.4. The first-order chi connectivity index (χ1) is 18.8. The van der Waals surface area contributed by atoms with Gasteiger partial charge in [-0.2, -0.15) is 0 Å². The number of aliphatic hydroxyl groups is 3. The molecule has 0 unspecified atom stereocenters. The first kappa shape index (κ1) is 30.4. The molecule has 0 bridgehead atoms. The monoisotopic (exact) mass is 544 g/mol. The molecule has 39 heavy (non-hydrogen) atoms. The van der Waals surface area contributed by atoms with Gasteiger partial charge in [0.25, 0.3) is 0 Å². The van der Waals surface area contributed by atoms with E-state index in [1.165, 1.54) is 0 Å². The number of hydrogen-bond donors (Lipinski definition) is 3. The molecule has 0 saturated carbocycles. The molecular weight excluding hydrogens is 504 g/mol. The molecule has 1 aliphatic rings. The lowest BCUT2D eigenvalue weighted by Gasteiger charge is -2.39. The lowest BCUT2D eigenvalue weighted by molar-refractivity contribution is -0.278. The Morgan fingerprint density at radius 2 is 1.46 bits per heavy atom. The van der Waals surface area contributed by atoms with Crippen LogP contribution in [0.4, 0.5) is 0 Å². The molecule has 1 aliphatic heterocycles. The molecule has 2 aromatic rings. The second kappa shape index (κ2) is 15.5. The van der Waals surface area contributed by atoms with E-state index in [0.717, 1.165) is 43.2 Å². The second-order valence-corrected chi connectivity index (χ2v) is 9.53. The molecule has 2 aromatic carbocycles. The van der Waals surface area contributed by atoms with Crippen LogP contribution in [0.25, 0.3) is 12.2 Å². The molecule has 0 aromatic heterocycles. The van der Waals surface area contributed by atoms with Crippen molar-refractivity contribution in [1.29, 1.82) is 0 Å². The van der Waals surface area contributed by atoms with Crippen LogP contribution in [0.3, 0.4) is 0 Å². The Morgan fingerprint density at radius 1 is 0.821 bits per heavy atom. The maximum atomic E-state index is 12.1. The normalized spacial score (nSPS) is 23.0. The van der Waals surface area contributed by atoms with E-state index < -0.39 is 36.7 Å². The molecule has 214 valence electrons. The predicted molar refractivity (Wildman–Crippen MR) is 147 cm³/mol. The van der Waals surface area contributed by atoms with Crippen molar-refractivity contribution in [2.45, 2.75) is 76.2 Å². The lowest BCUT2D eigenvalue weighted by Crippen LogP contribution is -2.60. The molecule has 5 atom stereocenters. The fourth-order valence-electron chi connectivity index (χ4n) is 4.18. The summed E-state index contributed by atoms with van der Waals surface area (Å²) in [4.78, 5) is 12.1. The van der Waals surface area contributed by atoms with Crippen LogP contribution in [0.5, 0.6) is 17.2 Å². The zero-order valence-electron chi connectivity index (χ0n) is 22.8. The van der Waals surface area contributed by atoms with Crippen LogP contribution in [0.1, 0.15) is 56.6 Å². The van der Waals surface area contributed by atoms with Crippen molar-refractivity contribution >= 4 is 18.1 Å². The van der Waals surface area contributed by atoms with Gasteiger partial charge in [-0.05, 0) is 41.8 Å². The van der Waals surface area contributed by atoms with E-state index in [-0.39, 0.29) is 13.0 Å². The zero-order chi connectivity index (χ0) is 28.2. The van der Waals surface area contributed by atoms with Crippen molar-refractivity contribution in [3.05, 3.63) is 53.6 Å². The SMILES string of the molecule is CCCCCCCC(=O)OC[C@H]1O[C@@H](Oc2ccc(/C=C/c3cc(OC)cc(OC)c3)cc2)[C@H](O)[C@@H](O)[C@@H]1O. The van der Waals surface area contributed by atoms with Gasteiger partial charge in [0.15, 0.2) is 0 Å². The molecule has 0 amide bonds. The molecule has 1 heterocycles.